The third-order valence-corrected chi connectivity index (χ3v) is 5.17. The Balaban J connectivity index is 0.00000392. The molecule has 2 aromatic heterocycles. The van der Waals surface area contributed by atoms with Gasteiger partial charge in [0.05, 0.1) is 0 Å². The van der Waals surface area contributed by atoms with Crippen LogP contribution in [0.2, 0.25) is 0 Å². The van der Waals surface area contributed by atoms with Crippen molar-refractivity contribution in [2.75, 3.05) is 26.3 Å². The zero-order valence-corrected chi connectivity index (χ0v) is 20.4. The Kier molecular flexibility index (Phi) is 12.3. The number of aromatic nitrogens is 3. The van der Waals surface area contributed by atoms with Crippen molar-refractivity contribution in [3.8, 4) is 0 Å². The Morgan fingerprint density at radius 1 is 1.36 bits per heavy atom. The molecule has 0 aliphatic carbocycles. The Morgan fingerprint density at radius 3 is 2.82 bits per heavy atom. The van der Waals surface area contributed by atoms with Gasteiger partial charge in [0.1, 0.15) is 12.4 Å². The molecule has 158 valence electrons. The fourth-order valence-electron chi connectivity index (χ4n) is 2.55. The molecule has 0 aliphatic rings. The molecule has 0 aromatic carbocycles. The van der Waals surface area contributed by atoms with Crippen LogP contribution in [0.4, 0.5) is 0 Å². The summed E-state index contributed by atoms with van der Waals surface area (Å²) in [5.41, 5.74) is 0. The van der Waals surface area contributed by atoms with Crippen LogP contribution in [-0.2, 0) is 24.8 Å². The van der Waals surface area contributed by atoms with Crippen LogP contribution in [0.3, 0.4) is 0 Å². The fourth-order valence-corrected chi connectivity index (χ4v) is 3.42. The van der Waals surface area contributed by atoms with Gasteiger partial charge in [0.2, 0.25) is 0 Å². The second-order valence-corrected chi connectivity index (χ2v) is 7.67. The largest absolute Gasteiger partial charge is 0.382 e. The predicted octanol–water partition coefficient (Wildman–Crippen LogP) is 3.14. The van der Waals surface area contributed by atoms with Gasteiger partial charge in [-0.25, -0.2) is 4.99 Å². The SMILES string of the molecule is CCOCCCNC(=NCc1nnc(C)n1C)NCC(C)Cc1cccs1.I. The first kappa shape index (κ1) is 24.8. The predicted molar refractivity (Wildman–Crippen MR) is 127 cm³/mol. The molecule has 0 fully saturated rings. The minimum absolute atomic E-state index is 0. The number of aryl methyl sites for hydroxylation is 1. The van der Waals surface area contributed by atoms with Crippen molar-refractivity contribution in [1.29, 1.82) is 0 Å². The van der Waals surface area contributed by atoms with Crippen LogP contribution in [0.25, 0.3) is 0 Å². The number of hydrogen-bond donors (Lipinski definition) is 2. The highest BCUT2D eigenvalue weighted by Crippen LogP contribution is 2.13. The van der Waals surface area contributed by atoms with Crippen molar-refractivity contribution in [3.05, 3.63) is 34.0 Å². The maximum atomic E-state index is 5.40. The summed E-state index contributed by atoms with van der Waals surface area (Å²) in [7, 11) is 1.96. The number of nitrogens with zero attached hydrogens (tertiary/aromatic N) is 4. The lowest BCUT2D eigenvalue weighted by Crippen LogP contribution is -2.40. The van der Waals surface area contributed by atoms with E-state index in [9.17, 15) is 0 Å². The number of thiophene rings is 1. The van der Waals surface area contributed by atoms with Crippen LogP contribution in [0.15, 0.2) is 22.5 Å². The molecule has 0 spiro atoms. The molecule has 9 heteroatoms. The lowest BCUT2D eigenvalue weighted by Gasteiger charge is -2.16. The molecule has 0 bridgehead atoms. The molecule has 1 unspecified atom stereocenters. The van der Waals surface area contributed by atoms with Gasteiger partial charge in [-0.3, -0.25) is 0 Å². The minimum Gasteiger partial charge on any atom is -0.382 e. The van der Waals surface area contributed by atoms with E-state index in [1.807, 2.05) is 36.8 Å². The number of ether oxygens (including phenoxy) is 1. The third-order valence-electron chi connectivity index (χ3n) is 4.27. The van der Waals surface area contributed by atoms with Crippen molar-refractivity contribution in [1.82, 2.24) is 25.4 Å². The normalized spacial score (nSPS) is 12.5. The molecule has 7 nitrogen and oxygen atoms in total. The maximum absolute atomic E-state index is 5.40. The average molecular weight is 520 g/mol. The van der Waals surface area contributed by atoms with Crippen LogP contribution in [0.5, 0.6) is 0 Å². The second kappa shape index (κ2) is 13.9. The third kappa shape index (κ3) is 8.87. The van der Waals surface area contributed by atoms with Gasteiger partial charge in [-0.05, 0) is 44.1 Å². The number of guanidine groups is 1. The first-order chi connectivity index (χ1) is 13.1. The fraction of sp³-hybridized carbons (Fsp3) is 0.632. The van der Waals surface area contributed by atoms with Gasteiger partial charge < -0.3 is 19.9 Å². The maximum Gasteiger partial charge on any atom is 0.191 e. The van der Waals surface area contributed by atoms with E-state index >= 15 is 0 Å². The van der Waals surface area contributed by atoms with E-state index in [-0.39, 0.29) is 24.0 Å². The van der Waals surface area contributed by atoms with Crippen LogP contribution in [0.1, 0.15) is 36.8 Å². The van der Waals surface area contributed by atoms with Gasteiger partial charge in [-0.2, -0.15) is 0 Å². The Hall–Kier alpha value is -1.20. The molecule has 2 aromatic rings. The van der Waals surface area contributed by atoms with Gasteiger partial charge in [0, 0.05) is 38.2 Å². The number of hydrogen-bond acceptors (Lipinski definition) is 5. The molecular weight excluding hydrogens is 487 g/mol. The zero-order chi connectivity index (χ0) is 19.5. The van der Waals surface area contributed by atoms with E-state index in [2.05, 4.69) is 50.3 Å². The van der Waals surface area contributed by atoms with E-state index < -0.39 is 0 Å². The summed E-state index contributed by atoms with van der Waals surface area (Å²) in [6.07, 6.45) is 2.02. The van der Waals surface area contributed by atoms with Crippen LogP contribution in [0, 0.1) is 12.8 Å². The number of aliphatic imine (C=N–C) groups is 1. The number of halogens is 1. The number of rotatable bonds is 11. The smallest absolute Gasteiger partial charge is 0.191 e. The summed E-state index contributed by atoms with van der Waals surface area (Å²) in [5.74, 6) is 3.08. The van der Waals surface area contributed by atoms with Crippen molar-refractivity contribution >= 4 is 41.3 Å². The Morgan fingerprint density at radius 2 is 2.18 bits per heavy atom. The topological polar surface area (TPSA) is 76.4 Å². The summed E-state index contributed by atoms with van der Waals surface area (Å²) in [5, 5.41) is 17.3. The van der Waals surface area contributed by atoms with Crippen LogP contribution in [-0.4, -0.2) is 47.0 Å². The molecular formula is C19H33IN6OS. The standard InChI is InChI=1S/C19H32N6OS.HI/c1-5-26-10-7-9-20-19(22-14-18-24-23-16(3)25(18)4)21-13-15(2)12-17-8-6-11-27-17;/h6,8,11,15H,5,7,9-10,12-14H2,1-4H3,(H2,20,21,22);1H. The Bertz CT molecular complexity index is 689. The molecule has 0 saturated heterocycles. The van der Waals surface area contributed by atoms with Crippen LogP contribution >= 0.6 is 35.3 Å². The van der Waals surface area contributed by atoms with E-state index in [4.69, 9.17) is 4.74 Å². The van der Waals surface area contributed by atoms with Gasteiger partial charge in [-0.1, -0.05) is 13.0 Å². The van der Waals surface area contributed by atoms with Crippen molar-refractivity contribution in [3.63, 3.8) is 0 Å². The van der Waals surface area contributed by atoms with E-state index in [0.29, 0.717) is 12.5 Å². The average Bonchev–Trinajstić information content (AvgIpc) is 3.27. The highest BCUT2D eigenvalue weighted by Gasteiger charge is 2.08. The molecule has 1 atom stereocenters. The lowest BCUT2D eigenvalue weighted by atomic mass is 10.1. The van der Waals surface area contributed by atoms with Crippen LogP contribution < -0.4 is 10.6 Å². The highest BCUT2D eigenvalue weighted by molar-refractivity contribution is 14.0. The Labute approximate surface area is 189 Å². The summed E-state index contributed by atoms with van der Waals surface area (Å²) in [6, 6.07) is 4.30. The molecule has 0 saturated carbocycles. The molecule has 0 radical (unpaired) electrons. The summed E-state index contributed by atoms with van der Waals surface area (Å²) in [4.78, 5) is 6.11. The second-order valence-electron chi connectivity index (χ2n) is 6.63. The van der Waals surface area contributed by atoms with Crippen molar-refractivity contribution < 1.29 is 4.74 Å². The molecule has 2 N–H and O–H groups in total. The summed E-state index contributed by atoms with van der Waals surface area (Å²) < 4.78 is 7.37. The highest BCUT2D eigenvalue weighted by atomic mass is 127. The summed E-state index contributed by atoms with van der Waals surface area (Å²) in [6.45, 7) is 9.91. The summed E-state index contributed by atoms with van der Waals surface area (Å²) >= 11 is 1.81. The molecule has 2 heterocycles. The quantitative estimate of drug-likeness (QED) is 0.206. The van der Waals surface area contributed by atoms with E-state index in [0.717, 1.165) is 56.8 Å². The van der Waals surface area contributed by atoms with Gasteiger partial charge >= 0.3 is 0 Å². The molecule has 0 amide bonds. The van der Waals surface area contributed by atoms with Gasteiger partial charge in [0.15, 0.2) is 11.8 Å². The van der Waals surface area contributed by atoms with Crippen molar-refractivity contribution in [2.45, 2.75) is 40.2 Å². The first-order valence-corrected chi connectivity index (χ1v) is 10.4. The lowest BCUT2D eigenvalue weighted by molar-refractivity contribution is 0.145. The minimum atomic E-state index is 0. The monoisotopic (exact) mass is 520 g/mol. The van der Waals surface area contributed by atoms with E-state index in [1.165, 1.54) is 4.88 Å². The van der Waals surface area contributed by atoms with E-state index in [1.54, 1.807) is 0 Å². The molecule has 2 rings (SSSR count). The van der Waals surface area contributed by atoms with Crippen molar-refractivity contribution in [2.24, 2.45) is 18.0 Å². The van der Waals surface area contributed by atoms with Gasteiger partial charge in [0.25, 0.3) is 0 Å². The van der Waals surface area contributed by atoms with Gasteiger partial charge in [-0.15, -0.1) is 45.5 Å². The molecule has 0 aliphatic heterocycles. The molecule has 28 heavy (non-hydrogen) atoms. The zero-order valence-electron chi connectivity index (χ0n) is 17.3. The first-order valence-electron chi connectivity index (χ1n) is 9.57. The number of nitrogens with one attached hydrogen (secondary N) is 2.